The van der Waals surface area contributed by atoms with E-state index in [1.165, 1.54) is 6.42 Å². The molecule has 3 nitrogen and oxygen atoms in total. The van der Waals surface area contributed by atoms with Crippen LogP contribution in [-0.4, -0.2) is 48.5 Å². The summed E-state index contributed by atoms with van der Waals surface area (Å²) in [4.78, 5) is 8.92. The second-order valence-corrected chi connectivity index (χ2v) is 4.86. The molecule has 1 aromatic heterocycles. The topological polar surface area (TPSA) is 19.4 Å². The van der Waals surface area contributed by atoms with Crippen molar-refractivity contribution in [2.75, 3.05) is 33.7 Å². The van der Waals surface area contributed by atoms with Gasteiger partial charge in [-0.05, 0) is 52.3 Å². The van der Waals surface area contributed by atoms with Gasteiger partial charge in [0.15, 0.2) is 0 Å². The number of aromatic nitrogens is 1. The van der Waals surface area contributed by atoms with Gasteiger partial charge in [0.25, 0.3) is 0 Å². The van der Waals surface area contributed by atoms with Gasteiger partial charge in [-0.2, -0.15) is 0 Å². The molecule has 0 N–H and O–H groups in total. The van der Waals surface area contributed by atoms with Gasteiger partial charge in [-0.15, -0.1) is 0 Å². The monoisotopic (exact) mass is 255 g/mol. The molecular weight excluding hydrogens is 234 g/mol. The fraction of sp³-hybridized carbons (Fsp3) is 0.615. The molecule has 96 valence electrons. The molecule has 4 heteroatoms. The molecule has 1 heterocycles. The molecule has 0 aliphatic carbocycles. The minimum Gasteiger partial charge on any atom is -0.309 e. The lowest BCUT2D eigenvalue weighted by Gasteiger charge is -2.21. The van der Waals surface area contributed by atoms with Crippen molar-refractivity contribution in [1.82, 2.24) is 14.8 Å². The summed E-state index contributed by atoms with van der Waals surface area (Å²) < 4.78 is 0. The molecule has 0 saturated heterocycles. The average molecular weight is 256 g/mol. The molecule has 0 aliphatic heterocycles. The SMILES string of the molecule is CCN(CCCN(C)C)Cc1cccc(Cl)n1. The predicted molar refractivity (Wildman–Crippen MR) is 73.4 cm³/mol. The first-order valence-electron chi connectivity index (χ1n) is 6.10. The van der Waals surface area contributed by atoms with E-state index in [4.69, 9.17) is 11.6 Å². The highest BCUT2D eigenvalue weighted by Gasteiger charge is 2.05. The molecule has 1 aromatic rings. The zero-order valence-corrected chi connectivity index (χ0v) is 11.7. The fourth-order valence-corrected chi connectivity index (χ4v) is 1.91. The summed E-state index contributed by atoms with van der Waals surface area (Å²) in [7, 11) is 4.21. The molecule has 0 atom stereocenters. The standard InChI is InChI=1S/C13H22ClN3/c1-4-17(10-6-9-16(2)3)11-12-7-5-8-13(14)15-12/h5,7-8H,4,6,9-11H2,1-3H3. The Labute approximate surface area is 109 Å². The van der Waals surface area contributed by atoms with Crippen LogP contribution >= 0.6 is 11.6 Å². The van der Waals surface area contributed by atoms with Crippen molar-refractivity contribution in [3.05, 3.63) is 29.0 Å². The molecular formula is C13H22ClN3. The molecule has 0 aliphatic rings. The van der Waals surface area contributed by atoms with Crippen molar-refractivity contribution in [2.45, 2.75) is 19.9 Å². The summed E-state index contributed by atoms with van der Waals surface area (Å²) in [5.41, 5.74) is 1.05. The molecule has 0 amide bonds. The third-order valence-electron chi connectivity index (χ3n) is 2.69. The van der Waals surface area contributed by atoms with Crippen molar-refractivity contribution >= 4 is 11.6 Å². The first kappa shape index (κ1) is 14.4. The van der Waals surface area contributed by atoms with E-state index in [2.05, 4.69) is 35.8 Å². The quantitative estimate of drug-likeness (QED) is 0.698. The number of hydrogen-bond acceptors (Lipinski definition) is 3. The normalized spacial score (nSPS) is 11.4. The number of halogens is 1. The lowest BCUT2D eigenvalue weighted by Crippen LogP contribution is -2.27. The Kier molecular flexibility index (Phi) is 6.48. The highest BCUT2D eigenvalue weighted by Crippen LogP contribution is 2.08. The van der Waals surface area contributed by atoms with E-state index in [1.807, 2.05) is 18.2 Å². The fourth-order valence-electron chi connectivity index (χ4n) is 1.73. The second-order valence-electron chi connectivity index (χ2n) is 4.48. The van der Waals surface area contributed by atoms with Crippen molar-refractivity contribution in [3.63, 3.8) is 0 Å². The maximum Gasteiger partial charge on any atom is 0.129 e. The Morgan fingerprint density at radius 3 is 2.59 bits per heavy atom. The van der Waals surface area contributed by atoms with E-state index in [9.17, 15) is 0 Å². The Morgan fingerprint density at radius 1 is 1.24 bits per heavy atom. The van der Waals surface area contributed by atoms with Crippen LogP contribution in [0.25, 0.3) is 0 Å². The van der Waals surface area contributed by atoms with Crippen LogP contribution in [0.2, 0.25) is 5.15 Å². The molecule has 0 radical (unpaired) electrons. The van der Waals surface area contributed by atoms with Crippen LogP contribution < -0.4 is 0 Å². The van der Waals surface area contributed by atoms with Crippen LogP contribution in [0.4, 0.5) is 0 Å². The molecule has 0 bridgehead atoms. The molecule has 0 fully saturated rings. The van der Waals surface area contributed by atoms with Crippen LogP contribution in [0.5, 0.6) is 0 Å². The minimum absolute atomic E-state index is 0.576. The smallest absolute Gasteiger partial charge is 0.129 e. The van der Waals surface area contributed by atoms with Crippen LogP contribution in [0.1, 0.15) is 19.0 Å². The molecule has 1 rings (SSSR count). The lowest BCUT2D eigenvalue weighted by molar-refractivity contribution is 0.256. The number of hydrogen-bond donors (Lipinski definition) is 0. The minimum atomic E-state index is 0.576. The highest BCUT2D eigenvalue weighted by atomic mass is 35.5. The van der Waals surface area contributed by atoms with Gasteiger partial charge in [0, 0.05) is 6.54 Å². The van der Waals surface area contributed by atoms with Gasteiger partial charge < -0.3 is 4.90 Å². The summed E-state index contributed by atoms with van der Waals surface area (Å²) in [5.74, 6) is 0. The third kappa shape index (κ3) is 6.01. The molecule has 0 aromatic carbocycles. The van der Waals surface area contributed by atoms with Gasteiger partial charge in [-0.3, -0.25) is 4.90 Å². The van der Waals surface area contributed by atoms with E-state index < -0.39 is 0 Å². The summed E-state index contributed by atoms with van der Waals surface area (Å²) >= 11 is 5.88. The summed E-state index contributed by atoms with van der Waals surface area (Å²) in [6.07, 6.45) is 1.18. The molecule has 17 heavy (non-hydrogen) atoms. The Morgan fingerprint density at radius 2 is 2.00 bits per heavy atom. The predicted octanol–water partition coefficient (Wildman–Crippen LogP) is 2.51. The maximum atomic E-state index is 5.88. The highest BCUT2D eigenvalue weighted by molar-refractivity contribution is 6.29. The van der Waals surface area contributed by atoms with Crippen LogP contribution in [0.3, 0.4) is 0 Å². The van der Waals surface area contributed by atoms with Gasteiger partial charge in [0.2, 0.25) is 0 Å². The average Bonchev–Trinajstić information content (AvgIpc) is 2.27. The molecule has 0 unspecified atom stereocenters. The van der Waals surface area contributed by atoms with Crippen molar-refractivity contribution in [1.29, 1.82) is 0 Å². The van der Waals surface area contributed by atoms with Crippen LogP contribution in [0, 0.1) is 0 Å². The van der Waals surface area contributed by atoms with Crippen molar-refractivity contribution < 1.29 is 0 Å². The maximum absolute atomic E-state index is 5.88. The molecule has 0 saturated carbocycles. The zero-order chi connectivity index (χ0) is 12.7. The second kappa shape index (κ2) is 7.64. The van der Waals surface area contributed by atoms with E-state index in [0.717, 1.165) is 31.9 Å². The Hall–Kier alpha value is -0.640. The first-order valence-corrected chi connectivity index (χ1v) is 6.48. The Balaban J connectivity index is 2.41. The number of nitrogens with zero attached hydrogens (tertiary/aromatic N) is 3. The summed E-state index contributed by atoms with van der Waals surface area (Å²) in [5, 5.41) is 0.576. The van der Waals surface area contributed by atoms with E-state index in [0.29, 0.717) is 5.15 Å². The van der Waals surface area contributed by atoms with Gasteiger partial charge >= 0.3 is 0 Å². The zero-order valence-electron chi connectivity index (χ0n) is 11.0. The van der Waals surface area contributed by atoms with E-state index in [1.54, 1.807) is 0 Å². The lowest BCUT2D eigenvalue weighted by atomic mass is 10.3. The van der Waals surface area contributed by atoms with Gasteiger partial charge in [-0.1, -0.05) is 24.6 Å². The van der Waals surface area contributed by atoms with Gasteiger partial charge in [0.05, 0.1) is 5.69 Å². The molecule has 0 spiro atoms. The van der Waals surface area contributed by atoms with Crippen molar-refractivity contribution in [2.24, 2.45) is 0 Å². The van der Waals surface area contributed by atoms with Crippen LogP contribution in [0.15, 0.2) is 18.2 Å². The summed E-state index contributed by atoms with van der Waals surface area (Å²) in [6.45, 7) is 6.33. The van der Waals surface area contributed by atoms with E-state index >= 15 is 0 Å². The Bertz CT molecular complexity index is 328. The first-order chi connectivity index (χ1) is 8.11. The van der Waals surface area contributed by atoms with Crippen LogP contribution in [-0.2, 0) is 6.54 Å². The largest absolute Gasteiger partial charge is 0.309 e. The third-order valence-corrected chi connectivity index (χ3v) is 2.90. The number of rotatable bonds is 7. The number of pyridine rings is 1. The van der Waals surface area contributed by atoms with Gasteiger partial charge in [0.1, 0.15) is 5.15 Å². The van der Waals surface area contributed by atoms with Crippen molar-refractivity contribution in [3.8, 4) is 0 Å². The van der Waals surface area contributed by atoms with Gasteiger partial charge in [-0.25, -0.2) is 4.98 Å². The van der Waals surface area contributed by atoms with E-state index in [-0.39, 0.29) is 0 Å². The summed E-state index contributed by atoms with van der Waals surface area (Å²) in [6, 6.07) is 5.80.